The van der Waals surface area contributed by atoms with Gasteiger partial charge in [-0.1, -0.05) is 0 Å². The first kappa shape index (κ1) is 17.8. The van der Waals surface area contributed by atoms with Crippen molar-refractivity contribution in [3.63, 3.8) is 0 Å². The van der Waals surface area contributed by atoms with Gasteiger partial charge in [0.25, 0.3) is 5.91 Å². The first-order valence-corrected chi connectivity index (χ1v) is 8.19. The number of nitrogens with one attached hydrogen (secondary N) is 2. The number of thiazole rings is 1. The zero-order valence-electron chi connectivity index (χ0n) is 13.3. The van der Waals surface area contributed by atoms with Crippen LogP contribution in [0.4, 0.5) is 29.7 Å². The van der Waals surface area contributed by atoms with Crippen LogP contribution in [0, 0.1) is 6.92 Å². The Balaban J connectivity index is 1.84. The van der Waals surface area contributed by atoms with E-state index in [0.717, 1.165) is 5.38 Å². The van der Waals surface area contributed by atoms with Gasteiger partial charge in [0.05, 0.1) is 17.6 Å². The summed E-state index contributed by atoms with van der Waals surface area (Å²) in [4.78, 5) is 24.0. The van der Waals surface area contributed by atoms with E-state index in [1.54, 1.807) is 43.6 Å². The van der Waals surface area contributed by atoms with Crippen LogP contribution >= 0.6 is 11.3 Å². The van der Waals surface area contributed by atoms with Gasteiger partial charge < -0.3 is 5.32 Å². The van der Waals surface area contributed by atoms with Crippen LogP contribution in [-0.2, 0) is 6.18 Å². The molecule has 3 aromatic rings. The van der Waals surface area contributed by atoms with Gasteiger partial charge >= 0.3 is 6.18 Å². The van der Waals surface area contributed by atoms with Crippen molar-refractivity contribution in [2.45, 2.75) is 13.1 Å². The molecule has 0 fully saturated rings. The van der Waals surface area contributed by atoms with E-state index in [0.29, 0.717) is 28.4 Å². The van der Waals surface area contributed by atoms with E-state index in [2.05, 4.69) is 25.6 Å². The number of hydrogen-bond acceptors (Lipinski definition) is 6. The van der Waals surface area contributed by atoms with Gasteiger partial charge in [0, 0.05) is 17.3 Å². The van der Waals surface area contributed by atoms with Crippen LogP contribution in [0.15, 0.2) is 42.0 Å². The third kappa shape index (κ3) is 4.14. The lowest BCUT2D eigenvalue weighted by Crippen LogP contribution is -2.16. The molecule has 10 heteroatoms. The Bertz CT molecular complexity index is 927. The second-order valence-corrected chi connectivity index (χ2v) is 6.06. The first-order valence-electron chi connectivity index (χ1n) is 7.32. The van der Waals surface area contributed by atoms with Crippen LogP contribution in [-0.4, -0.2) is 20.9 Å². The van der Waals surface area contributed by atoms with Crippen LogP contribution in [0.1, 0.15) is 21.9 Å². The second-order valence-electron chi connectivity index (χ2n) is 5.21. The van der Waals surface area contributed by atoms with Crippen LogP contribution in [0.3, 0.4) is 0 Å². The SMILES string of the molecule is Cc1ccc(Nc2cccnc2)c(C(=O)Nc2nc(C(F)(F)F)cs2)n1. The number of alkyl halides is 3. The molecule has 0 aliphatic carbocycles. The fraction of sp³-hybridized carbons (Fsp3) is 0.125. The zero-order chi connectivity index (χ0) is 18.7. The van der Waals surface area contributed by atoms with Crippen molar-refractivity contribution in [3.8, 4) is 0 Å². The number of carbonyl (C=O) groups is 1. The maximum atomic E-state index is 12.6. The summed E-state index contributed by atoms with van der Waals surface area (Å²) in [5.41, 5.74) is 0.609. The summed E-state index contributed by atoms with van der Waals surface area (Å²) in [5, 5.41) is 6.05. The van der Waals surface area contributed by atoms with Crippen LogP contribution < -0.4 is 10.6 Å². The van der Waals surface area contributed by atoms with Gasteiger partial charge in [0.2, 0.25) is 0 Å². The summed E-state index contributed by atoms with van der Waals surface area (Å²) in [7, 11) is 0. The summed E-state index contributed by atoms with van der Waals surface area (Å²) >= 11 is 0.692. The van der Waals surface area contributed by atoms with E-state index in [4.69, 9.17) is 0 Å². The molecule has 134 valence electrons. The molecule has 6 nitrogen and oxygen atoms in total. The van der Waals surface area contributed by atoms with Crippen molar-refractivity contribution >= 4 is 33.8 Å². The molecule has 0 atom stereocenters. The van der Waals surface area contributed by atoms with Crippen molar-refractivity contribution in [1.82, 2.24) is 15.0 Å². The molecule has 2 N–H and O–H groups in total. The maximum absolute atomic E-state index is 12.6. The normalized spacial score (nSPS) is 11.2. The summed E-state index contributed by atoms with van der Waals surface area (Å²) in [5.74, 6) is -0.664. The van der Waals surface area contributed by atoms with E-state index in [9.17, 15) is 18.0 Å². The highest BCUT2D eigenvalue weighted by Crippen LogP contribution is 2.32. The van der Waals surface area contributed by atoms with Gasteiger partial charge in [-0.2, -0.15) is 13.2 Å². The van der Waals surface area contributed by atoms with Crippen molar-refractivity contribution < 1.29 is 18.0 Å². The molecular weight excluding hydrogens is 367 g/mol. The largest absolute Gasteiger partial charge is 0.434 e. The minimum absolute atomic E-state index is 0.0395. The highest BCUT2D eigenvalue weighted by Gasteiger charge is 2.34. The van der Waals surface area contributed by atoms with Gasteiger partial charge in [0.15, 0.2) is 16.5 Å². The first-order chi connectivity index (χ1) is 12.3. The fourth-order valence-corrected chi connectivity index (χ4v) is 2.75. The lowest BCUT2D eigenvalue weighted by atomic mass is 10.2. The van der Waals surface area contributed by atoms with Gasteiger partial charge in [-0.15, -0.1) is 11.3 Å². The van der Waals surface area contributed by atoms with E-state index in [-0.39, 0.29) is 10.8 Å². The Hall–Kier alpha value is -3.01. The molecule has 3 heterocycles. The standard InChI is InChI=1S/C16H12F3N5OS/c1-9-4-5-11(22-10-3-2-6-20-7-10)13(21-9)14(25)24-15-23-12(8-26-15)16(17,18)19/h2-8,22H,1H3,(H,23,24,25). The molecule has 1 amide bonds. The smallest absolute Gasteiger partial charge is 0.352 e. The van der Waals surface area contributed by atoms with Gasteiger partial charge in [-0.3, -0.25) is 15.1 Å². The maximum Gasteiger partial charge on any atom is 0.434 e. The van der Waals surface area contributed by atoms with Crippen molar-refractivity contribution in [2.75, 3.05) is 10.6 Å². The van der Waals surface area contributed by atoms with Crippen LogP contribution in [0.25, 0.3) is 0 Å². The van der Waals surface area contributed by atoms with Crippen LogP contribution in [0.2, 0.25) is 0 Å². The van der Waals surface area contributed by atoms with Gasteiger partial charge in [-0.05, 0) is 31.2 Å². The summed E-state index contributed by atoms with van der Waals surface area (Å²) in [6.45, 7) is 1.70. The number of rotatable bonds is 4. The topological polar surface area (TPSA) is 79.8 Å². The Morgan fingerprint density at radius 1 is 1.19 bits per heavy atom. The van der Waals surface area contributed by atoms with E-state index < -0.39 is 17.8 Å². The van der Waals surface area contributed by atoms with Crippen molar-refractivity contribution in [1.29, 1.82) is 0 Å². The summed E-state index contributed by atoms with van der Waals surface area (Å²) in [6.07, 6.45) is -1.39. The predicted molar refractivity (Wildman–Crippen MR) is 91.6 cm³/mol. The number of aryl methyl sites for hydroxylation is 1. The van der Waals surface area contributed by atoms with Gasteiger partial charge in [-0.25, -0.2) is 9.97 Å². The van der Waals surface area contributed by atoms with E-state index >= 15 is 0 Å². The predicted octanol–water partition coefficient (Wildman–Crippen LogP) is 4.26. The minimum atomic E-state index is -4.56. The molecule has 3 aromatic heterocycles. The quantitative estimate of drug-likeness (QED) is 0.708. The van der Waals surface area contributed by atoms with Crippen molar-refractivity contribution in [3.05, 3.63) is 59.1 Å². The highest BCUT2D eigenvalue weighted by atomic mass is 32.1. The number of hydrogen-bond donors (Lipinski definition) is 2. The number of anilines is 3. The third-order valence-electron chi connectivity index (χ3n) is 3.21. The molecule has 0 aliphatic heterocycles. The number of amides is 1. The lowest BCUT2D eigenvalue weighted by molar-refractivity contribution is -0.140. The summed E-state index contributed by atoms with van der Waals surface area (Å²) < 4.78 is 37.9. The van der Waals surface area contributed by atoms with Crippen molar-refractivity contribution in [2.24, 2.45) is 0 Å². The highest BCUT2D eigenvalue weighted by molar-refractivity contribution is 7.14. The Kier molecular flexibility index (Phi) is 4.85. The fourth-order valence-electron chi connectivity index (χ4n) is 2.04. The molecule has 26 heavy (non-hydrogen) atoms. The average molecular weight is 379 g/mol. The Morgan fingerprint density at radius 3 is 2.65 bits per heavy atom. The minimum Gasteiger partial charge on any atom is -0.352 e. The molecule has 0 radical (unpaired) electrons. The molecule has 0 spiro atoms. The molecule has 0 aromatic carbocycles. The van der Waals surface area contributed by atoms with Gasteiger partial charge in [0.1, 0.15) is 0 Å². The van der Waals surface area contributed by atoms with E-state index in [1.807, 2.05) is 0 Å². The number of aromatic nitrogens is 3. The molecule has 0 saturated carbocycles. The number of pyridine rings is 2. The summed E-state index contributed by atoms with van der Waals surface area (Å²) in [6, 6.07) is 6.84. The molecule has 0 aliphatic rings. The third-order valence-corrected chi connectivity index (χ3v) is 3.96. The van der Waals surface area contributed by atoms with E-state index in [1.165, 1.54) is 0 Å². The number of halogens is 3. The Labute approximate surface area is 150 Å². The van der Waals surface area contributed by atoms with Crippen LogP contribution in [0.5, 0.6) is 0 Å². The lowest BCUT2D eigenvalue weighted by Gasteiger charge is -2.11. The zero-order valence-corrected chi connectivity index (χ0v) is 14.1. The number of carbonyl (C=O) groups excluding carboxylic acids is 1. The molecule has 3 rings (SSSR count). The molecule has 0 saturated heterocycles. The molecular formula is C16H12F3N5OS. The number of nitrogens with zero attached hydrogens (tertiary/aromatic N) is 3. The average Bonchev–Trinajstić information content (AvgIpc) is 3.06. The Morgan fingerprint density at radius 2 is 2.00 bits per heavy atom. The second kappa shape index (κ2) is 7.08. The monoisotopic (exact) mass is 379 g/mol. The molecule has 0 unspecified atom stereocenters. The molecule has 0 bridgehead atoms.